The van der Waals surface area contributed by atoms with Crippen molar-refractivity contribution >= 4 is 17.6 Å². The number of hydrogen-bond acceptors (Lipinski definition) is 4. The van der Waals surface area contributed by atoms with Crippen LogP contribution < -0.4 is 10.1 Å². The number of benzene rings is 2. The lowest BCUT2D eigenvalue weighted by atomic mass is 9.97. The lowest BCUT2D eigenvalue weighted by Gasteiger charge is -2.14. The van der Waals surface area contributed by atoms with Crippen molar-refractivity contribution in [1.82, 2.24) is 0 Å². The number of esters is 1. The van der Waals surface area contributed by atoms with Crippen molar-refractivity contribution in [2.24, 2.45) is 0 Å². The summed E-state index contributed by atoms with van der Waals surface area (Å²) in [6, 6.07) is 16.3. The topological polar surface area (TPSA) is 64.6 Å². The Labute approximate surface area is 141 Å². The maximum Gasteiger partial charge on any atom is 0.313 e. The summed E-state index contributed by atoms with van der Waals surface area (Å²) in [4.78, 5) is 24.1. The zero-order valence-corrected chi connectivity index (χ0v) is 13.8. The molecule has 0 aliphatic carbocycles. The Morgan fingerprint density at radius 2 is 1.71 bits per heavy atom. The van der Waals surface area contributed by atoms with Crippen LogP contribution in [0.15, 0.2) is 54.6 Å². The number of carbonyl (C=O) groups excluding carboxylic acids is 2. The first kappa shape index (κ1) is 17.5. The van der Waals surface area contributed by atoms with Crippen LogP contribution in [0.1, 0.15) is 24.8 Å². The number of nitrogens with one attached hydrogen (secondary N) is 1. The monoisotopic (exact) mass is 327 g/mol. The first-order valence-corrected chi connectivity index (χ1v) is 7.79. The van der Waals surface area contributed by atoms with Crippen molar-refractivity contribution in [3.63, 3.8) is 0 Å². The van der Waals surface area contributed by atoms with Gasteiger partial charge >= 0.3 is 5.97 Å². The average Bonchev–Trinajstić information content (AvgIpc) is 2.62. The molecule has 1 atom stereocenters. The van der Waals surface area contributed by atoms with E-state index >= 15 is 0 Å². The Hall–Kier alpha value is -2.82. The molecule has 2 aromatic carbocycles. The molecule has 0 spiro atoms. The van der Waals surface area contributed by atoms with Gasteiger partial charge in [-0.2, -0.15) is 0 Å². The molecular weight excluding hydrogens is 306 g/mol. The largest absolute Gasteiger partial charge is 0.497 e. The Morgan fingerprint density at radius 1 is 1.04 bits per heavy atom. The zero-order valence-electron chi connectivity index (χ0n) is 13.8. The van der Waals surface area contributed by atoms with E-state index in [1.807, 2.05) is 37.3 Å². The number of anilines is 1. The maximum atomic E-state index is 12.2. The van der Waals surface area contributed by atoms with Gasteiger partial charge in [0.15, 0.2) is 6.61 Å². The standard InChI is InChI=1S/C19H21NO4/c1-3-17(14-7-5-4-6-8-14)19(22)24-13-18(21)20-15-9-11-16(23-2)12-10-15/h4-12,17H,3,13H2,1-2H3,(H,20,21)/t17-/m1/s1. The third-order valence-corrected chi connectivity index (χ3v) is 3.61. The Balaban J connectivity index is 1.86. The molecule has 2 aromatic rings. The van der Waals surface area contributed by atoms with Crippen LogP contribution in [0.3, 0.4) is 0 Å². The fraction of sp³-hybridized carbons (Fsp3) is 0.263. The SMILES string of the molecule is CC[C@@H](C(=O)OCC(=O)Nc1ccc(OC)cc1)c1ccccc1. The maximum absolute atomic E-state index is 12.2. The molecule has 0 saturated carbocycles. The third-order valence-electron chi connectivity index (χ3n) is 3.61. The zero-order chi connectivity index (χ0) is 17.4. The highest BCUT2D eigenvalue weighted by molar-refractivity contribution is 5.93. The van der Waals surface area contributed by atoms with E-state index in [0.29, 0.717) is 17.9 Å². The summed E-state index contributed by atoms with van der Waals surface area (Å²) < 4.78 is 10.2. The van der Waals surface area contributed by atoms with Crippen LogP contribution in [0.4, 0.5) is 5.69 Å². The molecule has 1 N–H and O–H groups in total. The summed E-state index contributed by atoms with van der Waals surface area (Å²) in [5.41, 5.74) is 1.51. The molecule has 5 heteroatoms. The Bertz CT molecular complexity index is 668. The number of ether oxygens (including phenoxy) is 2. The van der Waals surface area contributed by atoms with E-state index in [0.717, 1.165) is 5.56 Å². The summed E-state index contributed by atoms with van der Waals surface area (Å²) in [5.74, 6) is -0.432. The predicted molar refractivity (Wildman–Crippen MR) is 92.1 cm³/mol. The number of hydrogen-bond donors (Lipinski definition) is 1. The fourth-order valence-corrected chi connectivity index (χ4v) is 2.33. The van der Waals surface area contributed by atoms with Gasteiger partial charge in [-0.25, -0.2) is 0 Å². The summed E-state index contributed by atoms with van der Waals surface area (Å²) in [6.07, 6.45) is 0.614. The molecule has 0 heterocycles. The van der Waals surface area contributed by atoms with E-state index in [1.165, 1.54) is 0 Å². The van der Waals surface area contributed by atoms with Crippen LogP contribution in [0.25, 0.3) is 0 Å². The van der Waals surface area contributed by atoms with Gasteiger partial charge in [-0.1, -0.05) is 37.3 Å². The van der Waals surface area contributed by atoms with Gasteiger partial charge in [-0.3, -0.25) is 9.59 Å². The molecule has 0 aromatic heterocycles. The first-order chi connectivity index (χ1) is 11.6. The molecule has 0 bridgehead atoms. The number of rotatable bonds is 7. The van der Waals surface area contributed by atoms with E-state index in [2.05, 4.69) is 5.32 Å². The normalized spacial score (nSPS) is 11.4. The molecular formula is C19H21NO4. The van der Waals surface area contributed by atoms with Crippen molar-refractivity contribution in [2.45, 2.75) is 19.3 Å². The minimum atomic E-state index is -0.395. The highest BCUT2D eigenvalue weighted by Crippen LogP contribution is 2.20. The molecule has 24 heavy (non-hydrogen) atoms. The molecule has 0 unspecified atom stereocenters. The Morgan fingerprint density at radius 3 is 2.29 bits per heavy atom. The van der Waals surface area contributed by atoms with Gasteiger partial charge < -0.3 is 14.8 Å². The second kappa shape index (κ2) is 8.72. The molecule has 0 radical (unpaired) electrons. The second-order valence-electron chi connectivity index (χ2n) is 5.26. The van der Waals surface area contributed by atoms with Crippen molar-refractivity contribution in [3.05, 3.63) is 60.2 Å². The second-order valence-corrected chi connectivity index (χ2v) is 5.26. The third kappa shape index (κ3) is 4.84. The molecule has 0 aliphatic heterocycles. The number of methoxy groups -OCH3 is 1. The highest BCUT2D eigenvalue weighted by atomic mass is 16.5. The molecule has 0 aliphatic rings. The Kier molecular flexibility index (Phi) is 6.37. The molecule has 2 rings (SSSR count). The van der Waals surface area contributed by atoms with E-state index < -0.39 is 5.97 Å². The van der Waals surface area contributed by atoms with Crippen molar-refractivity contribution in [3.8, 4) is 5.75 Å². The highest BCUT2D eigenvalue weighted by Gasteiger charge is 2.20. The van der Waals surface area contributed by atoms with Gasteiger partial charge in [-0.15, -0.1) is 0 Å². The molecule has 0 fully saturated rings. The lowest BCUT2D eigenvalue weighted by molar-refractivity contribution is -0.149. The first-order valence-electron chi connectivity index (χ1n) is 7.79. The van der Waals surface area contributed by atoms with E-state index in [1.54, 1.807) is 31.4 Å². The minimum absolute atomic E-state index is 0.311. The summed E-state index contributed by atoms with van der Waals surface area (Å²) in [7, 11) is 1.57. The molecule has 0 saturated heterocycles. The van der Waals surface area contributed by atoms with Crippen molar-refractivity contribution in [2.75, 3.05) is 19.0 Å². The summed E-state index contributed by atoms with van der Waals surface area (Å²) >= 11 is 0. The average molecular weight is 327 g/mol. The van der Waals surface area contributed by atoms with Gasteiger partial charge in [0.25, 0.3) is 5.91 Å². The van der Waals surface area contributed by atoms with Gasteiger partial charge in [0.05, 0.1) is 13.0 Å². The van der Waals surface area contributed by atoms with Crippen LogP contribution in [0.5, 0.6) is 5.75 Å². The fourth-order valence-electron chi connectivity index (χ4n) is 2.33. The molecule has 5 nitrogen and oxygen atoms in total. The van der Waals surface area contributed by atoms with Crippen LogP contribution in [-0.4, -0.2) is 25.6 Å². The number of carbonyl (C=O) groups is 2. The number of amides is 1. The van der Waals surface area contributed by atoms with E-state index in [9.17, 15) is 9.59 Å². The van der Waals surface area contributed by atoms with Crippen LogP contribution in [0, 0.1) is 0 Å². The van der Waals surface area contributed by atoms with E-state index in [-0.39, 0.29) is 18.4 Å². The predicted octanol–water partition coefficient (Wildman–Crippen LogP) is 3.37. The van der Waals surface area contributed by atoms with E-state index in [4.69, 9.17) is 9.47 Å². The van der Waals surface area contributed by atoms with Crippen LogP contribution in [0.2, 0.25) is 0 Å². The van der Waals surface area contributed by atoms with Gasteiger partial charge in [0, 0.05) is 5.69 Å². The summed E-state index contributed by atoms with van der Waals surface area (Å²) in [6.45, 7) is 1.60. The van der Waals surface area contributed by atoms with Crippen molar-refractivity contribution < 1.29 is 19.1 Å². The van der Waals surface area contributed by atoms with Crippen LogP contribution >= 0.6 is 0 Å². The quantitative estimate of drug-likeness (QED) is 0.792. The molecule has 126 valence electrons. The van der Waals surface area contributed by atoms with Gasteiger partial charge in [0.1, 0.15) is 5.75 Å². The molecule has 1 amide bonds. The van der Waals surface area contributed by atoms with Gasteiger partial charge in [-0.05, 0) is 36.2 Å². The summed E-state index contributed by atoms with van der Waals surface area (Å²) in [5, 5.41) is 2.67. The van der Waals surface area contributed by atoms with Crippen LogP contribution in [-0.2, 0) is 14.3 Å². The minimum Gasteiger partial charge on any atom is -0.497 e. The van der Waals surface area contributed by atoms with Crippen molar-refractivity contribution in [1.29, 1.82) is 0 Å². The van der Waals surface area contributed by atoms with Gasteiger partial charge in [0.2, 0.25) is 0 Å². The lowest BCUT2D eigenvalue weighted by Crippen LogP contribution is -2.23. The smallest absolute Gasteiger partial charge is 0.313 e.